The number of hydrogen-bond acceptors (Lipinski definition) is 4. The minimum absolute atomic E-state index is 0.162. The largest absolute Gasteiger partial charge is 0.242 e. The monoisotopic (exact) mass is 281 g/mol. The predicted molar refractivity (Wildman–Crippen MR) is 71.2 cm³/mol. The molecule has 0 aromatic heterocycles. The quantitative estimate of drug-likeness (QED) is 0.673. The number of nitrogens with zero attached hydrogens (tertiary/aromatic N) is 2. The number of terminal acetylenes is 1. The van der Waals surface area contributed by atoms with E-state index in [1.807, 2.05) is 0 Å². The van der Waals surface area contributed by atoms with Crippen molar-refractivity contribution in [3.63, 3.8) is 0 Å². The van der Waals surface area contributed by atoms with Crippen molar-refractivity contribution >= 4 is 32.8 Å². The first-order valence-electron chi connectivity index (χ1n) is 5.29. The molecule has 0 spiro atoms. The van der Waals surface area contributed by atoms with Gasteiger partial charge in [0.25, 0.3) is 0 Å². The SMILES string of the molecule is C#CCCCNS(=O)(=O)c1cccc2c1N=S=N2. The fourth-order valence-electron chi connectivity index (χ4n) is 1.47. The molecule has 0 aliphatic carbocycles. The molecule has 94 valence electrons. The zero-order chi connectivity index (χ0) is 13.0. The summed E-state index contributed by atoms with van der Waals surface area (Å²) < 4.78 is 34.7. The summed E-state index contributed by atoms with van der Waals surface area (Å²) in [6.07, 6.45) is 6.26. The van der Waals surface area contributed by atoms with Crippen LogP contribution >= 0.6 is 0 Å². The molecular formula is C11H11N3O2S2. The van der Waals surface area contributed by atoms with E-state index in [0.29, 0.717) is 30.8 Å². The van der Waals surface area contributed by atoms with Crippen LogP contribution in [0.25, 0.3) is 0 Å². The van der Waals surface area contributed by atoms with Crippen molar-refractivity contribution in [1.82, 2.24) is 4.72 Å². The van der Waals surface area contributed by atoms with Gasteiger partial charge in [-0.1, -0.05) is 6.07 Å². The molecule has 0 saturated carbocycles. The molecule has 0 amide bonds. The van der Waals surface area contributed by atoms with Crippen LogP contribution in [0.1, 0.15) is 12.8 Å². The highest BCUT2D eigenvalue weighted by Crippen LogP contribution is 2.37. The van der Waals surface area contributed by atoms with E-state index in [2.05, 4.69) is 19.4 Å². The summed E-state index contributed by atoms with van der Waals surface area (Å²) >= 11 is 0.996. The van der Waals surface area contributed by atoms with Gasteiger partial charge >= 0.3 is 0 Å². The first-order chi connectivity index (χ1) is 8.65. The smallest absolute Gasteiger partial charge is 0.211 e. The third-order valence-corrected chi connectivity index (χ3v) is 4.36. The van der Waals surface area contributed by atoms with E-state index in [9.17, 15) is 8.42 Å². The lowest BCUT2D eigenvalue weighted by Crippen LogP contribution is -2.24. The van der Waals surface area contributed by atoms with Gasteiger partial charge in [0.05, 0.1) is 11.4 Å². The Morgan fingerprint density at radius 2 is 2.22 bits per heavy atom. The van der Waals surface area contributed by atoms with Crippen molar-refractivity contribution < 1.29 is 8.42 Å². The molecule has 2 rings (SSSR count). The number of fused-ring (bicyclic) bond motifs is 1. The molecule has 0 atom stereocenters. The Labute approximate surface area is 110 Å². The van der Waals surface area contributed by atoms with Crippen LogP contribution in [0.3, 0.4) is 0 Å². The molecule has 7 heteroatoms. The van der Waals surface area contributed by atoms with E-state index in [4.69, 9.17) is 6.42 Å². The van der Waals surface area contributed by atoms with E-state index in [1.54, 1.807) is 12.1 Å². The Hall–Kier alpha value is -1.49. The third kappa shape index (κ3) is 2.67. The van der Waals surface area contributed by atoms with Crippen LogP contribution in [0, 0.1) is 12.3 Å². The van der Waals surface area contributed by atoms with Gasteiger partial charge in [0.1, 0.15) is 16.3 Å². The summed E-state index contributed by atoms with van der Waals surface area (Å²) in [5.74, 6) is 2.46. The standard InChI is InChI=1S/C11H11N3O2S2/c1-2-3-4-8-12-18(15,16)10-7-5-6-9-11(10)14-17-13-9/h1,5-7,12H,3-4,8H2. The van der Waals surface area contributed by atoms with Gasteiger partial charge in [-0.2, -0.15) is 8.73 Å². The molecule has 0 radical (unpaired) electrons. The molecule has 1 heterocycles. The van der Waals surface area contributed by atoms with Crippen LogP contribution in [0.15, 0.2) is 31.8 Å². The average molecular weight is 281 g/mol. The lowest BCUT2D eigenvalue weighted by Gasteiger charge is -2.07. The summed E-state index contributed by atoms with van der Waals surface area (Å²) in [6, 6.07) is 4.91. The second-order valence-corrected chi connectivity index (χ2v) is 5.86. The van der Waals surface area contributed by atoms with Gasteiger partial charge in [0, 0.05) is 13.0 Å². The van der Waals surface area contributed by atoms with E-state index >= 15 is 0 Å². The minimum Gasteiger partial charge on any atom is -0.211 e. The van der Waals surface area contributed by atoms with Gasteiger partial charge in [-0.25, -0.2) is 13.1 Å². The normalized spacial score (nSPS) is 12.8. The van der Waals surface area contributed by atoms with Gasteiger partial charge in [0.2, 0.25) is 10.0 Å². The molecule has 5 nitrogen and oxygen atoms in total. The number of unbranched alkanes of at least 4 members (excludes halogenated alkanes) is 1. The Morgan fingerprint density at radius 1 is 1.39 bits per heavy atom. The van der Waals surface area contributed by atoms with Gasteiger partial charge in [-0.15, -0.1) is 12.3 Å². The summed E-state index contributed by atoms with van der Waals surface area (Å²) in [4.78, 5) is 0.162. The molecule has 1 aromatic carbocycles. The van der Waals surface area contributed by atoms with E-state index < -0.39 is 10.0 Å². The maximum atomic E-state index is 12.1. The first kappa shape index (κ1) is 13.0. The number of sulfonamides is 1. The highest BCUT2D eigenvalue weighted by Gasteiger charge is 2.21. The molecular weight excluding hydrogens is 270 g/mol. The predicted octanol–water partition coefficient (Wildman–Crippen LogP) is 2.10. The van der Waals surface area contributed by atoms with Crippen molar-refractivity contribution in [2.45, 2.75) is 17.7 Å². The minimum atomic E-state index is -3.55. The van der Waals surface area contributed by atoms with Crippen LogP contribution in [0.5, 0.6) is 0 Å². The van der Waals surface area contributed by atoms with E-state index in [1.165, 1.54) is 6.07 Å². The zero-order valence-corrected chi connectivity index (χ0v) is 11.1. The van der Waals surface area contributed by atoms with Crippen molar-refractivity contribution in [1.29, 1.82) is 0 Å². The maximum absolute atomic E-state index is 12.1. The summed E-state index contributed by atoms with van der Waals surface area (Å²) in [5, 5.41) is 0. The maximum Gasteiger partial charge on any atom is 0.242 e. The van der Waals surface area contributed by atoms with Gasteiger partial charge < -0.3 is 0 Å². The topological polar surface area (TPSA) is 70.9 Å². The third-order valence-electron chi connectivity index (χ3n) is 2.33. The Balaban J connectivity index is 2.19. The molecule has 0 saturated heterocycles. The van der Waals surface area contributed by atoms with Crippen molar-refractivity contribution in [2.24, 2.45) is 8.73 Å². The number of hydrogen-bond donors (Lipinski definition) is 1. The van der Waals surface area contributed by atoms with Gasteiger partial charge in [-0.3, -0.25) is 0 Å². The fraction of sp³-hybridized carbons (Fsp3) is 0.273. The second kappa shape index (κ2) is 5.44. The van der Waals surface area contributed by atoms with Gasteiger partial charge in [0.15, 0.2) is 0 Å². The Morgan fingerprint density at radius 3 is 3.00 bits per heavy atom. The summed E-state index contributed by atoms with van der Waals surface area (Å²) in [5.41, 5.74) is 0.999. The average Bonchev–Trinajstić information content (AvgIpc) is 2.82. The van der Waals surface area contributed by atoms with Crippen LogP contribution in [-0.4, -0.2) is 15.0 Å². The Kier molecular flexibility index (Phi) is 3.91. The molecule has 0 fully saturated rings. The van der Waals surface area contributed by atoms with Crippen LogP contribution in [0.2, 0.25) is 0 Å². The second-order valence-electron chi connectivity index (χ2n) is 3.59. The summed E-state index contributed by atoms with van der Waals surface area (Å²) in [6.45, 7) is 0.320. The van der Waals surface area contributed by atoms with Crippen molar-refractivity contribution in [3.8, 4) is 12.3 Å². The molecule has 1 aromatic rings. The van der Waals surface area contributed by atoms with Crippen molar-refractivity contribution in [3.05, 3.63) is 18.2 Å². The highest BCUT2D eigenvalue weighted by molar-refractivity contribution is 7.89. The van der Waals surface area contributed by atoms with E-state index in [0.717, 1.165) is 11.4 Å². The summed E-state index contributed by atoms with van der Waals surface area (Å²) in [7, 11) is -3.55. The van der Waals surface area contributed by atoms with Crippen LogP contribution in [-0.2, 0) is 21.4 Å². The van der Waals surface area contributed by atoms with Crippen LogP contribution < -0.4 is 4.72 Å². The van der Waals surface area contributed by atoms with E-state index in [-0.39, 0.29) is 4.90 Å². The van der Waals surface area contributed by atoms with Crippen molar-refractivity contribution in [2.75, 3.05) is 6.54 Å². The zero-order valence-electron chi connectivity index (χ0n) is 9.46. The number of rotatable bonds is 5. The number of nitrogens with one attached hydrogen (secondary N) is 1. The fourth-order valence-corrected chi connectivity index (χ4v) is 3.31. The molecule has 0 bridgehead atoms. The molecule has 1 aliphatic heterocycles. The van der Waals surface area contributed by atoms with Gasteiger partial charge in [-0.05, 0) is 18.6 Å². The molecule has 18 heavy (non-hydrogen) atoms. The Bertz CT molecular complexity index is 668. The first-order valence-corrected chi connectivity index (χ1v) is 7.51. The lowest BCUT2D eigenvalue weighted by molar-refractivity contribution is 0.580. The van der Waals surface area contributed by atoms with Crippen LogP contribution in [0.4, 0.5) is 11.4 Å². The molecule has 1 aliphatic rings. The molecule has 1 N–H and O–H groups in total. The molecule has 0 unspecified atom stereocenters. The highest BCUT2D eigenvalue weighted by atomic mass is 32.2. The number of benzene rings is 1. The lowest BCUT2D eigenvalue weighted by atomic mass is 10.3.